The first-order chi connectivity index (χ1) is 10.1. The van der Waals surface area contributed by atoms with Gasteiger partial charge in [0, 0.05) is 25.7 Å². The molecule has 0 aromatic heterocycles. The largest absolute Gasteiger partial charge is 0.450 e. The Balaban J connectivity index is 1.70. The zero-order chi connectivity index (χ0) is 15.3. The third-order valence-electron chi connectivity index (χ3n) is 4.66. The Kier molecular flexibility index (Phi) is 5.31. The van der Waals surface area contributed by atoms with Crippen molar-refractivity contribution in [2.45, 2.75) is 52.0 Å². The molecule has 2 fully saturated rings. The molecule has 0 aromatic rings. The molecule has 1 aliphatic heterocycles. The normalized spacial score (nSPS) is 22.0. The van der Waals surface area contributed by atoms with Crippen LogP contribution >= 0.6 is 0 Å². The molecule has 1 saturated carbocycles. The minimum absolute atomic E-state index is 0.212. The Labute approximate surface area is 127 Å². The maximum atomic E-state index is 11.6. The molecular formula is C15H28N4O2. The van der Waals surface area contributed by atoms with Crippen LogP contribution in [0.3, 0.4) is 0 Å². The highest BCUT2D eigenvalue weighted by molar-refractivity contribution is 5.78. The number of carbonyl (C=O) groups excluding carboxylic acids is 1. The number of likely N-dealkylation sites (tertiary alicyclic amines) is 1. The van der Waals surface area contributed by atoms with E-state index in [1.807, 2.05) is 6.92 Å². The molecule has 120 valence electrons. The molecule has 2 rings (SSSR count). The fourth-order valence-electron chi connectivity index (χ4n) is 2.73. The van der Waals surface area contributed by atoms with E-state index in [2.05, 4.69) is 17.2 Å². The summed E-state index contributed by atoms with van der Waals surface area (Å²) in [5.74, 6) is 0.546. The summed E-state index contributed by atoms with van der Waals surface area (Å²) in [5.41, 5.74) is 6.40. The van der Waals surface area contributed by atoms with E-state index >= 15 is 0 Å². The predicted molar refractivity (Wildman–Crippen MR) is 83.2 cm³/mol. The third-order valence-corrected chi connectivity index (χ3v) is 4.66. The van der Waals surface area contributed by atoms with Crippen LogP contribution in [0.1, 0.15) is 46.0 Å². The fourth-order valence-corrected chi connectivity index (χ4v) is 2.73. The minimum Gasteiger partial charge on any atom is -0.450 e. The number of amides is 1. The van der Waals surface area contributed by atoms with E-state index in [1.54, 1.807) is 4.90 Å². The molecule has 2 aliphatic rings. The van der Waals surface area contributed by atoms with Gasteiger partial charge in [-0.25, -0.2) is 4.79 Å². The summed E-state index contributed by atoms with van der Waals surface area (Å²) < 4.78 is 5.01. The van der Waals surface area contributed by atoms with E-state index in [1.165, 1.54) is 19.3 Å². The van der Waals surface area contributed by atoms with Crippen LogP contribution in [0.4, 0.5) is 4.79 Å². The smallest absolute Gasteiger partial charge is 0.409 e. The number of hydrogen-bond donors (Lipinski definition) is 2. The van der Waals surface area contributed by atoms with Crippen molar-refractivity contribution in [2.75, 3.05) is 26.2 Å². The molecule has 0 unspecified atom stereocenters. The second-order valence-corrected chi connectivity index (χ2v) is 6.16. The Morgan fingerprint density at radius 1 is 1.38 bits per heavy atom. The van der Waals surface area contributed by atoms with Gasteiger partial charge in [-0.3, -0.25) is 4.99 Å². The summed E-state index contributed by atoms with van der Waals surface area (Å²) in [6, 6.07) is 0.302. The molecule has 0 aromatic carbocycles. The van der Waals surface area contributed by atoms with Crippen molar-refractivity contribution in [1.82, 2.24) is 10.2 Å². The van der Waals surface area contributed by atoms with Gasteiger partial charge in [-0.2, -0.15) is 0 Å². The Morgan fingerprint density at radius 3 is 2.57 bits per heavy atom. The van der Waals surface area contributed by atoms with Crippen molar-refractivity contribution in [3.05, 3.63) is 0 Å². The highest BCUT2D eigenvalue weighted by atomic mass is 16.6. The first kappa shape index (κ1) is 15.9. The van der Waals surface area contributed by atoms with E-state index in [4.69, 9.17) is 10.5 Å². The van der Waals surface area contributed by atoms with E-state index in [9.17, 15) is 4.79 Å². The maximum absolute atomic E-state index is 11.6. The van der Waals surface area contributed by atoms with Crippen LogP contribution < -0.4 is 11.1 Å². The highest BCUT2D eigenvalue weighted by Crippen LogP contribution is 2.48. The van der Waals surface area contributed by atoms with Crippen molar-refractivity contribution in [2.24, 2.45) is 16.1 Å². The molecule has 0 atom stereocenters. The van der Waals surface area contributed by atoms with Gasteiger partial charge < -0.3 is 20.7 Å². The van der Waals surface area contributed by atoms with Crippen LogP contribution in [0, 0.1) is 5.41 Å². The number of nitrogens with two attached hydrogens (primary N) is 1. The molecule has 0 bridgehead atoms. The fraction of sp³-hybridized carbons (Fsp3) is 0.867. The van der Waals surface area contributed by atoms with Gasteiger partial charge in [-0.15, -0.1) is 0 Å². The van der Waals surface area contributed by atoms with Gasteiger partial charge in [-0.05, 0) is 44.4 Å². The number of guanidine groups is 1. The van der Waals surface area contributed by atoms with Gasteiger partial charge in [0.25, 0.3) is 0 Å². The van der Waals surface area contributed by atoms with Crippen molar-refractivity contribution >= 4 is 12.1 Å². The Hall–Kier alpha value is -1.46. The van der Waals surface area contributed by atoms with Crippen molar-refractivity contribution in [3.63, 3.8) is 0 Å². The van der Waals surface area contributed by atoms with Crippen LogP contribution in [0.25, 0.3) is 0 Å². The Morgan fingerprint density at radius 2 is 2.05 bits per heavy atom. The summed E-state index contributed by atoms with van der Waals surface area (Å²) in [7, 11) is 0. The van der Waals surface area contributed by atoms with Crippen molar-refractivity contribution < 1.29 is 9.53 Å². The van der Waals surface area contributed by atoms with E-state index < -0.39 is 0 Å². The topological polar surface area (TPSA) is 80.0 Å². The van der Waals surface area contributed by atoms with Gasteiger partial charge >= 0.3 is 6.09 Å². The van der Waals surface area contributed by atoms with Crippen LogP contribution in [-0.4, -0.2) is 49.2 Å². The van der Waals surface area contributed by atoms with Gasteiger partial charge in [0.1, 0.15) is 0 Å². The minimum atomic E-state index is -0.212. The summed E-state index contributed by atoms with van der Waals surface area (Å²) in [6.45, 7) is 6.73. The first-order valence-corrected chi connectivity index (χ1v) is 8.07. The van der Waals surface area contributed by atoms with Gasteiger partial charge in [0.2, 0.25) is 0 Å². The second kappa shape index (κ2) is 7.00. The summed E-state index contributed by atoms with van der Waals surface area (Å²) >= 11 is 0. The molecule has 1 heterocycles. The average Bonchev–Trinajstić information content (AvgIpc) is 3.27. The van der Waals surface area contributed by atoms with Crippen LogP contribution in [-0.2, 0) is 4.74 Å². The number of ether oxygens (including phenoxy) is 1. The maximum Gasteiger partial charge on any atom is 0.409 e. The Bertz CT molecular complexity index is 385. The lowest BCUT2D eigenvalue weighted by Crippen LogP contribution is -2.48. The molecule has 1 saturated heterocycles. The summed E-state index contributed by atoms with van der Waals surface area (Å²) in [6.07, 6.45) is 5.29. The molecule has 0 spiro atoms. The number of piperidine rings is 1. The van der Waals surface area contributed by atoms with Crippen molar-refractivity contribution in [1.29, 1.82) is 0 Å². The van der Waals surface area contributed by atoms with E-state index in [0.29, 0.717) is 37.1 Å². The summed E-state index contributed by atoms with van der Waals surface area (Å²) in [4.78, 5) is 17.9. The standard InChI is InChI=1S/C15H28N4O2/c1-3-15(7-8-15)11-17-13(16)18-12-5-9-19(10-6-12)14(20)21-4-2/h12H,3-11H2,1-2H3,(H3,16,17,18). The molecule has 0 radical (unpaired) electrons. The molecule has 1 amide bonds. The monoisotopic (exact) mass is 296 g/mol. The SMILES string of the molecule is CCOC(=O)N1CCC(NC(N)=NCC2(CC)CC2)CC1. The first-order valence-electron chi connectivity index (χ1n) is 8.07. The van der Waals surface area contributed by atoms with E-state index in [-0.39, 0.29) is 6.09 Å². The zero-order valence-corrected chi connectivity index (χ0v) is 13.2. The van der Waals surface area contributed by atoms with Crippen LogP contribution in [0.15, 0.2) is 4.99 Å². The quantitative estimate of drug-likeness (QED) is 0.598. The molecular weight excluding hydrogens is 268 g/mol. The molecule has 6 heteroatoms. The highest BCUT2D eigenvalue weighted by Gasteiger charge is 2.40. The van der Waals surface area contributed by atoms with Gasteiger partial charge in [-0.1, -0.05) is 6.92 Å². The predicted octanol–water partition coefficient (Wildman–Crippen LogP) is 1.70. The molecule has 6 nitrogen and oxygen atoms in total. The van der Waals surface area contributed by atoms with Gasteiger partial charge in [0.05, 0.1) is 6.61 Å². The van der Waals surface area contributed by atoms with Crippen LogP contribution in [0.5, 0.6) is 0 Å². The zero-order valence-electron chi connectivity index (χ0n) is 13.2. The lowest BCUT2D eigenvalue weighted by atomic mass is 10.0. The molecule has 21 heavy (non-hydrogen) atoms. The van der Waals surface area contributed by atoms with Crippen LogP contribution in [0.2, 0.25) is 0 Å². The van der Waals surface area contributed by atoms with Gasteiger partial charge in [0.15, 0.2) is 5.96 Å². The number of aliphatic imine (C=N–C) groups is 1. The summed E-state index contributed by atoms with van der Waals surface area (Å²) in [5, 5.41) is 3.28. The lowest BCUT2D eigenvalue weighted by Gasteiger charge is -2.31. The number of rotatable bonds is 5. The lowest BCUT2D eigenvalue weighted by molar-refractivity contribution is 0.0963. The number of nitrogens with one attached hydrogen (secondary N) is 1. The molecule has 1 aliphatic carbocycles. The second-order valence-electron chi connectivity index (χ2n) is 6.16. The average molecular weight is 296 g/mol. The van der Waals surface area contributed by atoms with Crippen molar-refractivity contribution in [3.8, 4) is 0 Å². The molecule has 3 N–H and O–H groups in total. The third kappa shape index (κ3) is 4.51. The number of nitrogens with zero attached hydrogens (tertiary/aromatic N) is 2. The van der Waals surface area contributed by atoms with E-state index in [0.717, 1.165) is 19.4 Å². The number of carbonyl (C=O) groups is 1. The number of hydrogen-bond acceptors (Lipinski definition) is 3.